The molecular weight excluding hydrogens is 274 g/mol. The van der Waals surface area contributed by atoms with Gasteiger partial charge in [-0.05, 0) is 31.4 Å². The molecule has 1 N–H and O–H groups in total. The summed E-state index contributed by atoms with van der Waals surface area (Å²) in [6.07, 6.45) is 1.85. The molecule has 0 radical (unpaired) electrons. The van der Waals surface area contributed by atoms with Gasteiger partial charge in [-0.15, -0.1) is 0 Å². The molecule has 0 unspecified atom stereocenters. The molecule has 2 aliphatic heterocycles. The average molecular weight is 295 g/mol. The van der Waals surface area contributed by atoms with Crippen LogP contribution >= 0.6 is 0 Å². The van der Waals surface area contributed by atoms with Crippen LogP contribution in [0, 0.1) is 6.92 Å². The van der Waals surface area contributed by atoms with Crippen LogP contribution in [0.3, 0.4) is 0 Å². The van der Waals surface area contributed by atoms with Crippen molar-refractivity contribution in [2.45, 2.75) is 19.8 Å². The Morgan fingerprint density at radius 3 is 2.65 bits per heavy atom. The highest BCUT2D eigenvalue weighted by Crippen LogP contribution is 2.31. The van der Waals surface area contributed by atoms with Gasteiger partial charge in [0.2, 0.25) is 0 Å². The van der Waals surface area contributed by atoms with Crippen LogP contribution in [0.5, 0.6) is 0 Å². The van der Waals surface area contributed by atoms with Crippen LogP contribution in [0.15, 0.2) is 18.2 Å². The van der Waals surface area contributed by atoms with Crippen molar-refractivity contribution in [3.05, 3.63) is 29.3 Å². The summed E-state index contributed by atoms with van der Waals surface area (Å²) in [5.41, 5.74) is 3.19. The monoisotopic (exact) mass is 295 g/mol. The molecule has 1 fully saturated rings. The fraction of sp³-hybridized carbons (Fsp3) is 0.571. The van der Waals surface area contributed by atoms with E-state index in [0.717, 1.165) is 37.2 Å². The third-order valence-electron chi connectivity index (χ3n) is 3.99. The van der Waals surface area contributed by atoms with Crippen LogP contribution in [0.1, 0.15) is 17.5 Å². The first kappa shape index (κ1) is 13.9. The van der Waals surface area contributed by atoms with Crippen LogP contribution in [0.25, 0.3) is 0 Å². The van der Waals surface area contributed by atoms with Crippen molar-refractivity contribution >= 4 is 15.9 Å². The van der Waals surface area contributed by atoms with Crippen LogP contribution in [0.4, 0.5) is 5.69 Å². The summed E-state index contributed by atoms with van der Waals surface area (Å²) < 4.78 is 28.8. The van der Waals surface area contributed by atoms with Gasteiger partial charge in [-0.25, -0.2) is 0 Å². The van der Waals surface area contributed by atoms with E-state index in [1.54, 1.807) is 8.61 Å². The van der Waals surface area contributed by atoms with Crippen LogP contribution in [0.2, 0.25) is 0 Å². The van der Waals surface area contributed by atoms with E-state index in [2.05, 4.69) is 11.4 Å². The SMILES string of the molecule is Cc1ccc2c(c1)CCCN2S(=O)(=O)N1CCNCC1. The second kappa shape index (κ2) is 5.35. The fourth-order valence-corrected chi connectivity index (χ4v) is 4.65. The number of nitrogens with zero attached hydrogens (tertiary/aromatic N) is 2. The molecule has 0 spiro atoms. The Labute approximate surface area is 120 Å². The van der Waals surface area contributed by atoms with Gasteiger partial charge in [0.15, 0.2) is 0 Å². The highest BCUT2D eigenvalue weighted by Gasteiger charge is 2.33. The number of benzene rings is 1. The van der Waals surface area contributed by atoms with E-state index < -0.39 is 10.2 Å². The van der Waals surface area contributed by atoms with Crippen molar-refractivity contribution in [1.29, 1.82) is 0 Å². The quantitative estimate of drug-likeness (QED) is 0.882. The third kappa shape index (κ3) is 2.43. The number of rotatable bonds is 2. The van der Waals surface area contributed by atoms with Gasteiger partial charge >= 0.3 is 10.2 Å². The van der Waals surface area contributed by atoms with Gasteiger partial charge in [0.05, 0.1) is 5.69 Å². The first-order valence-corrected chi connectivity index (χ1v) is 8.57. The molecule has 1 aromatic carbocycles. The van der Waals surface area contributed by atoms with E-state index in [-0.39, 0.29) is 0 Å². The summed E-state index contributed by atoms with van der Waals surface area (Å²) in [5.74, 6) is 0. The number of hydrogen-bond donors (Lipinski definition) is 1. The molecule has 0 bridgehead atoms. The van der Waals surface area contributed by atoms with Crippen molar-refractivity contribution in [3.8, 4) is 0 Å². The molecule has 0 atom stereocenters. The van der Waals surface area contributed by atoms with Gasteiger partial charge in [0.25, 0.3) is 0 Å². The van der Waals surface area contributed by atoms with Crippen molar-refractivity contribution in [2.75, 3.05) is 37.0 Å². The average Bonchev–Trinajstić information content (AvgIpc) is 2.47. The zero-order valence-electron chi connectivity index (χ0n) is 11.8. The van der Waals surface area contributed by atoms with E-state index in [1.165, 1.54) is 5.56 Å². The van der Waals surface area contributed by atoms with E-state index in [1.807, 2.05) is 19.1 Å². The molecule has 20 heavy (non-hydrogen) atoms. The van der Waals surface area contributed by atoms with Crippen molar-refractivity contribution in [3.63, 3.8) is 0 Å². The molecule has 110 valence electrons. The maximum Gasteiger partial charge on any atom is 0.304 e. The Kier molecular flexibility index (Phi) is 3.70. The van der Waals surface area contributed by atoms with Crippen molar-refractivity contribution in [2.24, 2.45) is 0 Å². The van der Waals surface area contributed by atoms with Gasteiger partial charge in [-0.3, -0.25) is 4.31 Å². The van der Waals surface area contributed by atoms with Gasteiger partial charge in [-0.2, -0.15) is 12.7 Å². The molecule has 2 aliphatic rings. The second-order valence-electron chi connectivity index (χ2n) is 5.46. The van der Waals surface area contributed by atoms with Gasteiger partial charge in [0, 0.05) is 32.7 Å². The normalized spacial score (nSPS) is 20.8. The third-order valence-corrected chi connectivity index (χ3v) is 5.95. The maximum atomic E-state index is 12.8. The maximum absolute atomic E-state index is 12.8. The molecule has 2 heterocycles. The molecule has 1 saturated heterocycles. The molecule has 5 nitrogen and oxygen atoms in total. The van der Waals surface area contributed by atoms with E-state index in [4.69, 9.17) is 0 Å². The Morgan fingerprint density at radius 1 is 1.15 bits per heavy atom. The molecule has 0 saturated carbocycles. The number of anilines is 1. The first-order valence-electron chi connectivity index (χ1n) is 7.17. The first-order chi connectivity index (χ1) is 9.59. The molecule has 1 aromatic rings. The Balaban J connectivity index is 1.95. The number of hydrogen-bond acceptors (Lipinski definition) is 3. The zero-order valence-corrected chi connectivity index (χ0v) is 12.6. The lowest BCUT2D eigenvalue weighted by Gasteiger charge is -2.36. The number of aryl methyl sites for hydroxylation is 2. The van der Waals surface area contributed by atoms with E-state index in [9.17, 15) is 8.42 Å². The lowest BCUT2D eigenvalue weighted by atomic mass is 10.0. The summed E-state index contributed by atoms with van der Waals surface area (Å²) >= 11 is 0. The zero-order chi connectivity index (χ0) is 14.2. The Hall–Kier alpha value is -1.11. The summed E-state index contributed by atoms with van der Waals surface area (Å²) in [4.78, 5) is 0. The largest absolute Gasteiger partial charge is 0.314 e. The van der Waals surface area contributed by atoms with Crippen molar-refractivity contribution < 1.29 is 8.42 Å². The molecule has 0 aromatic heterocycles. The van der Waals surface area contributed by atoms with Gasteiger partial charge < -0.3 is 5.32 Å². The summed E-state index contributed by atoms with van der Waals surface area (Å²) in [7, 11) is -3.38. The minimum absolute atomic E-state index is 0.556. The lowest BCUT2D eigenvalue weighted by Crippen LogP contribution is -2.52. The number of piperazine rings is 1. The lowest BCUT2D eigenvalue weighted by molar-refractivity contribution is 0.358. The van der Waals surface area contributed by atoms with Gasteiger partial charge in [0.1, 0.15) is 0 Å². The molecule has 0 aliphatic carbocycles. The standard InChI is InChI=1S/C14H21N3O2S/c1-12-4-5-14-13(11-12)3-2-8-17(14)20(18,19)16-9-6-15-7-10-16/h4-5,11,15H,2-3,6-10H2,1H3. The molecular formula is C14H21N3O2S. The molecule has 3 rings (SSSR count). The highest BCUT2D eigenvalue weighted by molar-refractivity contribution is 7.90. The predicted molar refractivity (Wildman–Crippen MR) is 80.2 cm³/mol. The fourth-order valence-electron chi connectivity index (χ4n) is 2.95. The van der Waals surface area contributed by atoms with Crippen LogP contribution in [-0.2, 0) is 16.6 Å². The Morgan fingerprint density at radius 2 is 1.90 bits per heavy atom. The van der Waals surface area contributed by atoms with E-state index >= 15 is 0 Å². The number of fused-ring (bicyclic) bond motifs is 1. The smallest absolute Gasteiger partial charge is 0.304 e. The summed E-state index contributed by atoms with van der Waals surface area (Å²) in [5, 5.41) is 3.19. The predicted octanol–water partition coefficient (Wildman–Crippen LogP) is 0.898. The molecule has 6 heteroatoms. The Bertz CT molecular complexity index is 594. The highest BCUT2D eigenvalue weighted by atomic mass is 32.2. The topological polar surface area (TPSA) is 52.7 Å². The van der Waals surface area contributed by atoms with E-state index in [0.29, 0.717) is 19.6 Å². The summed E-state index contributed by atoms with van der Waals surface area (Å²) in [6.45, 7) is 5.20. The minimum Gasteiger partial charge on any atom is -0.314 e. The summed E-state index contributed by atoms with van der Waals surface area (Å²) in [6, 6.07) is 6.04. The number of nitrogens with one attached hydrogen (secondary N) is 1. The van der Waals surface area contributed by atoms with Crippen LogP contribution in [-0.4, -0.2) is 45.4 Å². The second-order valence-corrected chi connectivity index (χ2v) is 7.32. The van der Waals surface area contributed by atoms with Gasteiger partial charge in [-0.1, -0.05) is 17.7 Å². The molecule has 0 amide bonds. The van der Waals surface area contributed by atoms with Crippen LogP contribution < -0.4 is 9.62 Å². The minimum atomic E-state index is -3.38. The van der Waals surface area contributed by atoms with Crippen molar-refractivity contribution in [1.82, 2.24) is 9.62 Å².